The number of carbonyl (C=O) groups is 2. The molecule has 29 heavy (non-hydrogen) atoms. The molecule has 3 rings (SSSR count). The molecular formula is C23H35N3O3. The van der Waals surface area contributed by atoms with Gasteiger partial charge in [-0.25, -0.2) is 4.79 Å². The zero-order valence-electron chi connectivity index (χ0n) is 17.9. The van der Waals surface area contributed by atoms with Gasteiger partial charge in [-0.15, -0.1) is 0 Å². The van der Waals surface area contributed by atoms with Gasteiger partial charge in [0.25, 0.3) is 0 Å². The number of likely N-dealkylation sites (tertiary alicyclic amines) is 2. The van der Waals surface area contributed by atoms with Gasteiger partial charge in [-0.1, -0.05) is 30.3 Å². The second-order valence-electron chi connectivity index (χ2n) is 8.44. The molecule has 1 aromatic carbocycles. The summed E-state index contributed by atoms with van der Waals surface area (Å²) in [7, 11) is 3.55. The van der Waals surface area contributed by atoms with Crippen LogP contribution in [0.3, 0.4) is 0 Å². The van der Waals surface area contributed by atoms with Crippen molar-refractivity contribution in [2.45, 2.75) is 44.6 Å². The predicted octanol–water partition coefficient (Wildman–Crippen LogP) is 3.02. The number of carbonyl (C=O) groups excluding carboxylic acids is 2. The minimum absolute atomic E-state index is 0.0879. The maximum atomic E-state index is 13.6. The molecule has 1 atom stereocenters. The fourth-order valence-corrected chi connectivity index (χ4v) is 4.49. The van der Waals surface area contributed by atoms with Gasteiger partial charge >= 0.3 is 6.09 Å². The Morgan fingerprint density at radius 2 is 1.79 bits per heavy atom. The minimum Gasteiger partial charge on any atom is -0.453 e. The quantitative estimate of drug-likeness (QED) is 0.735. The third-order valence-electron chi connectivity index (χ3n) is 6.34. The van der Waals surface area contributed by atoms with Crippen LogP contribution in [0.2, 0.25) is 0 Å². The van der Waals surface area contributed by atoms with Gasteiger partial charge in [-0.3, -0.25) is 9.69 Å². The van der Waals surface area contributed by atoms with Gasteiger partial charge in [0.1, 0.15) is 6.04 Å². The average Bonchev–Trinajstić information content (AvgIpc) is 2.77. The zero-order valence-corrected chi connectivity index (χ0v) is 17.9. The van der Waals surface area contributed by atoms with E-state index in [0.29, 0.717) is 19.0 Å². The van der Waals surface area contributed by atoms with E-state index in [2.05, 4.69) is 24.1 Å². The van der Waals surface area contributed by atoms with Crippen LogP contribution < -0.4 is 0 Å². The molecular weight excluding hydrogens is 366 g/mol. The highest BCUT2D eigenvalue weighted by atomic mass is 16.5. The summed E-state index contributed by atoms with van der Waals surface area (Å²) in [6, 6.07) is 9.93. The summed E-state index contributed by atoms with van der Waals surface area (Å²) in [5.74, 6) is 0.617. The van der Waals surface area contributed by atoms with Crippen LogP contribution in [0.4, 0.5) is 4.79 Å². The van der Waals surface area contributed by atoms with Gasteiger partial charge in [0.15, 0.2) is 0 Å². The highest BCUT2D eigenvalue weighted by Gasteiger charge is 2.36. The number of hydrogen-bond acceptors (Lipinski definition) is 4. The first-order valence-corrected chi connectivity index (χ1v) is 10.9. The van der Waals surface area contributed by atoms with Gasteiger partial charge in [0.2, 0.25) is 5.91 Å². The van der Waals surface area contributed by atoms with Crippen LogP contribution >= 0.6 is 0 Å². The third-order valence-corrected chi connectivity index (χ3v) is 6.34. The normalized spacial score (nSPS) is 21.0. The van der Waals surface area contributed by atoms with Crippen molar-refractivity contribution in [2.24, 2.45) is 5.92 Å². The Hall–Kier alpha value is -2.08. The van der Waals surface area contributed by atoms with Crippen molar-refractivity contribution >= 4 is 12.0 Å². The van der Waals surface area contributed by atoms with E-state index in [9.17, 15) is 9.59 Å². The average molecular weight is 402 g/mol. The monoisotopic (exact) mass is 401 g/mol. The topological polar surface area (TPSA) is 53.1 Å². The lowest BCUT2D eigenvalue weighted by atomic mass is 9.95. The van der Waals surface area contributed by atoms with Crippen molar-refractivity contribution in [3.63, 3.8) is 0 Å². The number of methoxy groups -OCH3 is 1. The first kappa shape index (κ1) is 21.6. The van der Waals surface area contributed by atoms with Crippen LogP contribution in [0.15, 0.2) is 30.3 Å². The molecule has 0 unspecified atom stereocenters. The summed E-state index contributed by atoms with van der Waals surface area (Å²) >= 11 is 0. The van der Waals surface area contributed by atoms with Gasteiger partial charge in [0.05, 0.1) is 7.11 Å². The Morgan fingerprint density at radius 1 is 1.07 bits per heavy atom. The van der Waals surface area contributed by atoms with Gasteiger partial charge in [-0.05, 0) is 70.1 Å². The van der Waals surface area contributed by atoms with Crippen molar-refractivity contribution in [3.8, 4) is 0 Å². The number of benzene rings is 1. The molecule has 2 amide bonds. The zero-order chi connectivity index (χ0) is 20.6. The SMILES string of the molecule is COC(=O)N1CCCC[C@@H]1C(=O)N(CCc1ccccc1)CC1CCN(C)CC1. The van der Waals surface area contributed by atoms with Crippen LogP contribution in [0.1, 0.15) is 37.7 Å². The Morgan fingerprint density at radius 3 is 2.48 bits per heavy atom. The number of amides is 2. The van der Waals surface area contributed by atoms with Gasteiger partial charge < -0.3 is 14.5 Å². The van der Waals surface area contributed by atoms with Crippen molar-refractivity contribution in [1.82, 2.24) is 14.7 Å². The van der Waals surface area contributed by atoms with E-state index in [1.165, 1.54) is 12.7 Å². The standard InChI is InChI=1S/C23H35N3O3/c1-24-15-11-20(12-16-24)18-25(17-13-19-8-4-3-5-9-19)22(27)21-10-6-7-14-26(21)23(28)29-2/h3-5,8-9,20-21H,6-7,10-18H2,1-2H3/t21-/m1/s1. The number of ether oxygens (including phenoxy) is 1. The molecule has 2 heterocycles. The molecule has 2 fully saturated rings. The molecule has 0 spiro atoms. The molecule has 0 radical (unpaired) electrons. The van der Waals surface area contributed by atoms with Gasteiger partial charge in [0, 0.05) is 19.6 Å². The summed E-state index contributed by atoms with van der Waals surface area (Å²) in [5.41, 5.74) is 1.24. The van der Waals surface area contributed by atoms with Crippen LogP contribution in [0, 0.1) is 5.92 Å². The third kappa shape index (κ3) is 5.95. The lowest BCUT2D eigenvalue weighted by Crippen LogP contribution is -2.54. The second kappa shape index (κ2) is 10.6. The maximum Gasteiger partial charge on any atom is 0.410 e. The summed E-state index contributed by atoms with van der Waals surface area (Å²) in [6.45, 7) is 4.25. The van der Waals surface area contributed by atoms with Crippen LogP contribution in [0.25, 0.3) is 0 Å². The Bertz CT molecular complexity index is 659. The maximum absolute atomic E-state index is 13.6. The fraction of sp³-hybridized carbons (Fsp3) is 0.652. The molecule has 0 bridgehead atoms. The lowest BCUT2D eigenvalue weighted by molar-refractivity contribution is -0.138. The van der Waals surface area contributed by atoms with Gasteiger partial charge in [-0.2, -0.15) is 0 Å². The fourth-order valence-electron chi connectivity index (χ4n) is 4.49. The van der Waals surface area contributed by atoms with Crippen molar-refractivity contribution in [1.29, 1.82) is 0 Å². The largest absolute Gasteiger partial charge is 0.453 e. The van der Waals surface area contributed by atoms with E-state index >= 15 is 0 Å². The summed E-state index contributed by atoms with van der Waals surface area (Å²) in [6.07, 6.45) is 5.33. The summed E-state index contributed by atoms with van der Waals surface area (Å²) < 4.78 is 4.95. The molecule has 0 saturated carbocycles. The predicted molar refractivity (Wildman–Crippen MR) is 114 cm³/mol. The van der Waals surface area contributed by atoms with Crippen molar-refractivity contribution < 1.29 is 14.3 Å². The molecule has 160 valence electrons. The molecule has 0 N–H and O–H groups in total. The summed E-state index contributed by atoms with van der Waals surface area (Å²) in [4.78, 5) is 31.8. The van der Waals surface area contributed by atoms with E-state index in [0.717, 1.165) is 58.2 Å². The molecule has 2 saturated heterocycles. The second-order valence-corrected chi connectivity index (χ2v) is 8.44. The molecule has 0 aliphatic carbocycles. The first-order valence-electron chi connectivity index (χ1n) is 10.9. The lowest BCUT2D eigenvalue weighted by Gasteiger charge is -2.39. The van der Waals surface area contributed by atoms with Crippen molar-refractivity contribution in [2.75, 3.05) is 46.9 Å². The number of hydrogen-bond donors (Lipinski definition) is 0. The number of rotatable bonds is 6. The summed E-state index contributed by atoms with van der Waals surface area (Å²) in [5, 5.41) is 0. The Kier molecular flexibility index (Phi) is 7.92. The molecule has 6 heteroatoms. The van der Waals surface area contributed by atoms with E-state index in [-0.39, 0.29) is 12.0 Å². The van der Waals surface area contributed by atoms with Crippen LogP contribution in [-0.2, 0) is 16.0 Å². The molecule has 6 nitrogen and oxygen atoms in total. The first-order chi connectivity index (χ1) is 14.1. The molecule has 2 aliphatic heterocycles. The minimum atomic E-state index is -0.391. The molecule has 2 aliphatic rings. The van der Waals surface area contributed by atoms with Crippen LogP contribution in [0.5, 0.6) is 0 Å². The molecule has 0 aromatic heterocycles. The Balaban J connectivity index is 1.71. The van der Waals surface area contributed by atoms with E-state index < -0.39 is 6.04 Å². The van der Waals surface area contributed by atoms with Crippen molar-refractivity contribution in [3.05, 3.63) is 35.9 Å². The highest BCUT2D eigenvalue weighted by Crippen LogP contribution is 2.23. The van der Waals surface area contributed by atoms with E-state index in [1.807, 2.05) is 23.1 Å². The molecule has 1 aromatic rings. The van der Waals surface area contributed by atoms with E-state index in [1.54, 1.807) is 4.90 Å². The van der Waals surface area contributed by atoms with E-state index in [4.69, 9.17) is 4.74 Å². The smallest absolute Gasteiger partial charge is 0.410 e. The van der Waals surface area contributed by atoms with Crippen LogP contribution in [-0.4, -0.2) is 79.6 Å². The highest BCUT2D eigenvalue weighted by molar-refractivity contribution is 5.86. The number of piperidine rings is 2. The number of nitrogens with zero attached hydrogens (tertiary/aromatic N) is 3. The Labute approximate surface area is 174 Å².